The SMILES string of the molecule is CCn1ccnc(N2CC[C@H](c3ccc(F)cc3)C2)c1=O. The molecule has 1 saturated heterocycles. The largest absolute Gasteiger partial charge is 0.351 e. The van der Waals surface area contributed by atoms with Crippen LogP contribution in [0.2, 0.25) is 0 Å². The van der Waals surface area contributed by atoms with Crippen LogP contribution in [0.25, 0.3) is 0 Å². The summed E-state index contributed by atoms with van der Waals surface area (Å²) in [5.74, 6) is 0.621. The lowest BCUT2D eigenvalue weighted by Crippen LogP contribution is -2.31. The van der Waals surface area contributed by atoms with E-state index >= 15 is 0 Å². The van der Waals surface area contributed by atoms with Gasteiger partial charge >= 0.3 is 0 Å². The number of hydrogen-bond donors (Lipinski definition) is 0. The van der Waals surface area contributed by atoms with Gasteiger partial charge in [0, 0.05) is 37.9 Å². The van der Waals surface area contributed by atoms with Crippen molar-refractivity contribution in [1.29, 1.82) is 0 Å². The quantitative estimate of drug-likeness (QED) is 0.870. The summed E-state index contributed by atoms with van der Waals surface area (Å²) in [5.41, 5.74) is 1.07. The molecule has 1 aliphatic rings. The number of aromatic nitrogens is 2. The van der Waals surface area contributed by atoms with Crippen LogP contribution in [0.4, 0.5) is 10.2 Å². The molecule has 1 fully saturated rings. The van der Waals surface area contributed by atoms with Crippen LogP contribution < -0.4 is 10.5 Å². The van der Waals surface area contributed by atoms with Crippen LogP contribution in [0, 0.1) is 5.82 Å². The van der Waals surface area contributed by atoms with Crippen LogP contribution in [0.15, 0.2) is 41.5 Å². The van der Waals surface area contributed by atoms with Gasteiger partial charge in [-0.15, -0.1) is 0 Å². The Hall–Kier alpha value is -2.17. The predicted molar refractivity (Wildman–Crippen MR) is 80.1 cm³/mol. The van der Waals surface area contributed by atoms with Gasteiger partial charge in [-0.05, 0) is 31.0 Å². The van der Waals surface area contributed by atoms with E-state index in [1.54, 1.807) is 17.0 Å². The van der Waals surface area contributed by atoms with Crippen LogP contribution in [-0.2, 0) is 6.54 Å². The molecule has 2 aromatic rings. The molecule has 3 rings (SSSR count). The lowest BCUT2D eigenvalue weighted by molar-refractivity contribution is 0.625. The molecule has 21 heavy (non-hydrogen) atoms. The van der Waals surface area contributed by atoms with Crippen molar-refractivity contribution >= 4 is 5.82 Å². The van der Waals surface area contributed by atoms with Gasteiger partial charge in [-0.2, -0.15) is 0 Å². The van der Waals surface area contributed by atoms with Crippen LogP contribution >= 0.6 is 0 Å². The summed E-state index contributed by atoms with van der Waals surface area (Å²) in [6, 6.07) is 6.63. The summed E-state index contributed by atoms with van der Waals surface area (Å²) >= 11 is 0. The Morgan fingerprint density at radius 1 is 1.33 bits per heavy atom. The van der Waals surface area contributed by atoms with E-state index in [0.29, 0.717) is 18.3 Å². The first-order valence-electron chi connectivity index (χ1n) is 7.25. The highest BCUT2D eigenvalue weighted by Crippen LogP contribution is 2.28. The van der Waals surface area contributed by atoms with Gasteiger partial charge < -0.3 is 9.47 Å². The summed E-state index contributed by atoms with van der Waals surface area (Å²) in [7, 11) is 0. The molecule has 5 heteroatoms. The van der Waals surface area contributed by atoms with Gasteiger partial charge in [-0.25, -0.2) is 9.37 Å². The highest BCUT2D eigenvalue weighted by atomic mass is 19.1. The number of aryl methyl sites for hydroxylation is 1. The lowest BCUT2D eigenvalue weighted by atomic mass is 9.99. The highest BCUT2D eigenvalue weighted by molar-refractivity contribution is 5.39. The van der Waals surface area contributed by atoms with Gasteiger partial charge in [0.2, 0.25) is 0 Å². The average molecular weight is 287 g/mol. The van der Waals surface area contributed by atoms with Gasteiger partial charge in [0.05, 0.1) is 0 Å². The number of benzene rings is 1. The van der Waals surface area contributed by atoms with Crippen molar-refractivity contribution in [2.45, 2.75) is 25.8 Å². The van der Waals surface area contributed by atoms with E-state index in [9.17, 15) is 9.18 Å². The van der Waals surface area contributed by atoms with Crippen molar-refractivity contribution < 1.29 is 4.39 Å². The standard InChI is InChI=1S/C16H18FN3O/c1-2-19-10-8-18-15(16(19)21)20-9-7-13(11-20)12-3-5-14(17)6-4-12/h3-6,8,10,13H,2,7,9,11H2,1H3/t13-/m0/s1. The molecule has 0 unspecified atom stereocenters. The molecular weight excluding hydrogens is 269 g/mol. The summed E-state index contributed by atoms with van der Waals surface area (Å²) in [5, 5.41) is 0. The zero-order valence-corrected chi connectivity index (χ0v) is 12.0. The number of nitrogens with zero attached hydrogens (tertiary/aromatic N) is 3. The molecule has 1 aliphatic heterocycles. The Morgan fingerprint density at radius 3 is 2.81 bits per heavy atom. The van der Waals surface area contributed by atoms with Gasteiger partial charge in [-0.3, -0.25) is 4.79 Å². The highest BCUT2D eigenvalue weighted by Gasteiger charge is 2.26. The van der Waals surface area contributed by atoms with Crippen molar-refractivity contribution in [3.8, 4) is 0 Å². The van der Waals surface area contributed by atoms with Crippen molar-refractivity contribution in [1.82, 2.24) is 9.55 Å². The Balaban J connectivity index is 1.81. The Morgan fingerprint density at radius 2 is 2.10 bits per heavy atom. The van der Waals surface area contributed by atoms with E-state index < -0.39 is 0 Å². The first-order valence-corrected chi connectivity index (χ1v) is 7.25. The second-order valence-corrected chi connectivity index (χ2v) is 5.33. The van der Waals surface area contributed by atoms with Crippen LogP contribution in [0.3, 0.4) is 0 Å². The molecule has 1 aromatic carbocycles. The fourth-order valence-electron chi connectivity index (χ4n) is 2.86. The minimum Gasteiger partial charge on any atom is -0.351 e. The maximum atomic E-state index is 13.0. The first-order chi connectivity index (χ1) is 10.2. The molecule has 0 radical (unpaired) electrons. The molecule has 0 spiro atoms. The predicted octanol–water partition coefficient (Wildman–Crippen LogP) is 2.40. The minimum atomic E-state index is -0.218. The summed E-state index contributed by atoms with van der Waals surface area (Å²) < 4.78 is 14.6. The molecule has 0 saturated carbocycles. The number of anilines is 1. The maximum Gasteiger partial charge on any atom is 0.293 e. The van der Waals surface area contributed by atoms with E-state index in [2.05, 4.69) is 4.98 Å². The first kappa shape index (κ1) is 13.8. The molecule has 0 aliphatic carbocycles. The second-order valence-electron chi connectivity index (χ2n) is 5.33. The molecule has 4 nitrogen and oxygen atoms in total. The Kier molecular flexibility index (Phi) is 3.73. The van der Waals surface area contributed by atoms with Crippen LogP contribution in [0.1, 0.15) is 24.8 Å². The molecule has 0 N–H and O–H groups in total. The van der Waals surface area contributed by atoms with E-state index in [1.807, 2.05) is 24.0 Å². The van der Waals surface area contributed by atoms with Crippen molar-refractivity contribution in [2.75, 3.05) is 18.0 Å². The van der Waals surface area contributed by atoms with E-state index in [0.717, 1.165) is 25.1 Å². The fraction of sp³-hybridized carbons (Fsp3) is 0.375. The molecular formula is C16H18FN3O. The Bertz CT molecular complexity index is 681. The van der Waals surface area contributed by atoms with Gasteiger partial charge in [0.1, 0.15) is 5.82 Å². The van der Waals surface area contributed by atoms with Gasteiger partial charge in [-0.1, -0.05) is 12.1 Å². The number of hydrogen-bond acceptors (Lipinski definition) is 3. The zero-order valence-electron chi connectivity index (χ0n) is 12.0. The smallest absolute Gasteiger partial charge is 0.293 e. The maximum absolute atomic E-state index is 13.0. The molecule has 110 valence electrons. The summed E-state index contributed by atoms with van der Waals surface area (Å²) in [6.07, 6.45) is 4.33. The van der Waals surface area contributed by atoms with Crippen LogP contribution in [0.5, 0.6) is 0 Å². The lowest BCUT2D eigenvalue weighted by Gasteiger charge is -2.17. The van der Waals surface area contributed by atoms with E-state index in [4.69, 9.17) is 0 Å². The second kappa shape index (κ2) is 5.68. The summed E-state index contributed by atoms with van der Waals surface area (Å²) in [6.45, 7) is 4.14. The molecule has 0 amide bonds. The summed E-state index contributed by atoms with van der Waals surface area (Å²) in [4.78, 5) is 18.6. The Labute approximate surface area is 122 Å². The third-order valence-electron chi connectivity index (χ3n) is 4.07. The molecule has 1 aromatic heterocycles. The number of halogens is 1. The monoisotopic (exact) mass is 287 g/mol. The van der Waals surface area contributed by atoms with E-state index in [1.165, 1.54) is 12.1 Å². The topological polar surface area (TPSA) is 38.1 Å². The third-order valence-corrected chi connectivity index (χ3v) is 4.07. The average Bonchev–Trinajstić information content (AvgIpc) is 2.98. The van der Waals surface area contributed by atoms with Crippen molar-refractivity contribution in [2.24, 2.45) is 0 Å². The van der Waals surface area contributed by atoms with Crippen molar-refractivity contribution in [3.63, 3.8) is 0 Å². The number of rotatable bonds is 3. The van der Waals surface area contributed by atoms with Crippen LogP contribution in [-0.4, -0.2) is 22.6 Å². The zero-order chi connectivity index (χ0) is 14.8. The van der Waals surface area contributed by atoms with Gasteiger partial charge in [0.25, 0.3) is 5.56 Å². The molecule has 1 atom stereocenters. The third kappa shape index (κ3) is 2.68. The fourth-order valence-corrected chi connectivity index (χ4v) is 2.86. The normalized spacial score (nSPS) is 18.2. The molecule has 2 heterocycles. The molecule has 0 bridgehead atoms. The van der Waals surface area contributed by atoms with Gasteiger partial charge in [0.15, 0.2) is 5.82 Å². The minimum absolute atomic E-state index is 0.0419. The van der Waals surface area contributed by atoms with Crippen molar-refractivity contribution in [3.05, 3.63) is 58.4 Å². The van der Waals surface area contributed by atoms with E-state index in [-0.39, 0.29) is 11.4 Å².